The largest absolute Gasteiger partial charge is 0.158 e. The van der Waals surface area contributed by atoms with Gasteiger partial charge in [-0.05, 0) is 12.8 Å². The predicted molar refractivity (Wildman–Crippen MR) is 65.3 cm³/mol. The van der Waals surface area contributed by atoms with Gasteiger partial charge in [-0.2, -0.15) is 20.4 Å². The molecule has 0 aromatic carbocycles. The van der Waals surface area contributed by atoms with Crippen LogP contribution in [0.4, 0.5) is 0 Å². The van der Waals surface area contributed by atoms with Crippen LogP contribution in [-0.4, -0.2) is 20.4 Å². The molecule has 0 atom stereocenters. The number of aromatic nitrogens is 4. The molecule has 0 radical (unpaired) electrons. The first-order valence-corrected chi connectivity index (χ1v) is 5.63. The number of rotatable bonds is 1. The van der Waals surface area contributed by atoms with Gasteiger partial charge in [-0.15, -0.1) is 0 Å². The number of fused-ring (bicyclic) bond motifs is 1. The third-order valence-electron chi connectivity index (χ3n) is 2.25. The van der Waals surface area contributed by atoms with Gasteiger partial charge < -0.3 is 0 Å². The molecule has 0 unspecified atom stereocenters. The summed E-state index contributed by atoms with van der Waals surface area (Å²) in [4.78, 5) is 0. The Kier molecular flexibility index (Phi) is 4.28. The quantitative estimate of drug-likeness (QED) is 0.738. The standard InChI is InChI=1S/C10H12N4.C2H6/c1-6(2)10-9-5-12-11-4-8(9)7(3)13-14-10;1-2/h4-6H,1-3H3;1-2H3. The summed E-state index contributed by atoms with van der Waals surface area (Å²) in [5.41, 5.74) is 1.89. The fourth-order valence-corrected chi connectivity index (χ4v) is 1.48. The first-order valence-electron chi connectivity index (χ1n) is 5.63. The molecule has 0 bridgehead atoms. The van der Waals surface area contributed by atoms with Gasteiger partial charge in [-0.25, -0.2) is 0 Å². The maximum Gasteiger partial charge on any atom is 0.0751 e. The van der Waals surface area contributed by atoms with Crippen molar-refractivity contribution in [2.24, 2.45) is 0 Å². The van der Waals surface area contributed by atoms with E-state index in [0.717, 1.165) is 22.2 Å². The van der Waals surface area contributed by atoms with E-state index >= 15 is 0 Å². The van der Waals surface area contributed by atoms with E-state index in [1.54, 1.807) is 12.4 Å². The van der Waals surface area contributed by atoms with Crippen molar-refractivity contribution in [2.45, 2.75) is 40.5 Å². The zero-order valence-electron chi connectivity index (χ0n) is 10.5. The van der Waals surface area contributed by atoms with Crippen molar-refractivity contribution in [1.82, 2.24) is 20.4 Å². The van der Waals surface area contributed by atoms with Crippen LogP contribution in [0.2, 0.25) is 0 Å². The first-order chi connectivity index (χ1) is 7.70. The summed E-state index contributed by atoms with van der Waals surface area (Å²) >= 11 is 0. The maximum absolute atomic E-state index is 4.19. The SMILES string of the molecule is CC.Cc1nnc(C(C)C)c2cnncc12. The number of hydrogen-bond donors (Lipinski definition) is 0. The van der Waals surface area contributed by atoms with Crippen molar-refractivity contribution in [3.8, 4) is 0 Å². The lowest BCUT2D eigenvalue weighted by Gasteiger charge is -2.07. The zero-order chi connectivity index (χ0) is 12.1. The first kappa shape index (κ1) is 12.5. The molecule has 16 heavy (non-hydrogen) atoms. The van der Waals surface area contributed by atoms with Crippen LogP contribution in [0.5, 0.6) is 0 Å². The van der Waals surface area contributed by atoms with Gasteiger partial charge in [-0.1, -0.05) is 27.7 Å². The Morgan fingerprint density at radius 1 is 0.938 bits per heavy atom. The van der Waals surface area contributed by atoms with Crippen molar-refractivity contribution in [2.75, 3.05) is 0 Å². The molecule has 2 rings (SSSR count). The van der Waals surface area contributed by atoms with Gasteiger partial charge in [0.2, 0.25) is 0 Å². The Morgan fingerprint density at radius 2 is 1.50 bits per heavy atom. The van der Waals surface area contributed by atoms with Crippen LogP contribution in [0.15, 0.2) is 12.4 Å². The van der Waals surface area contributed by atoms with Crippen LogP contribution in [0.25, 0.3) is 10.8 Å². The second-order valence-electron chi connectivity index (χ2n) is 3.64. The molecule has 2 heterocycles. The molecular weight excluding hydrogens is 200 g/mol. The minimum absolute atomic E-state index is 0.356. The van der Waals surface area contributed by atoms with Gasteiger partial charge in [-0.3, -0.25) is 0 Å². The fourth-order valence-electron chi connectivity index (χ4n) is 1.48. The molecule has 0 N–H and O–H groups in total. The highest BCUT2D eigenvalue weighted by Gasteiger charge is 2.09. The van der Waals surface area contributed by atoms with E-state index in [1.807, 2.05) is 20.8 Å². The molecule has 0 aliphatic rings. The Bertz CT molecular complexity index is 466. The molecule has 0 saturated heterocycles. The summed E-state index contributed by atoms with van der Waals surface area (Å²) < 4.78 is 0. The van der Waals surface area contributed by atoms with Gasteiger partial charge >= 0.3 is 0 Å². The molecule has 0 fully saturated rings. The van der Waals surface area contributed by atoms with Gasteiger partial charge in [0.05, 0.1) is 23.8 Å². The summed E-state index contributed by atoms with van der Waals surface area (Å²) in [6.07, 6.45) is 3.50. The van der Waals surface area contributed by atoms with Crippen LogP contribution in [0.3, 0.4) is 0 Å². The minimum Gasteiger partial charge on any atom is -0.158 e. The Morgan fingerprint density at radius 3 is 2.06 bits per heavy atom. The van der Waals surface area contributed by atoms with Crippen molar-refractivity contribution in [1.29, 1.82) is 0 Å². The Balaban J connectivity index is 0.000000606. The molecule has 0 aliphatic carbocycles. The minimum atomic E-state index is 0.356. The molecular formula is C12H18N4. The average molecular weight is 218 g/mol. The third kappa shape index (κ3) is 2.32. The van der Waals surface area contributed by atoms with Crippen molar-refractivity contribution in [3.05, 3.63) is 23.8 Å². The van der Waals surface area contributed by atoms with E-state index in [4.69, 9.17) is 0 Å². The van der Waals surface area contributed by atoms with Crippen LogP contribution in [0.1, 0.15) is 45.0 Å². The maximum atomic E-state index is 4.19. The summed E-state index contributed by atoms with van der Waals surface area (Å²) in [7, 11) is 0. The molecule has 4 nitrogen and oxygen atoms in total. The summed E-state index contributed by atoms with van der Waals surface area (Å²) in [6, 6.07) is 0. The lowest BCUT2D eigenvalue weighted by atomic mass is 10.0. The predicted octanol–water partition coefficient (Wildman–Crippen LogP) is 2.88. The third-order valence-corrected chi connectivity index (χ3v) is 2.25. The number of nitrogens with zero attached hydrogens (tertiary/aromatic N) is 4. The zero-order valence-corrected chi connectivity index (χ0v) is 10.5. The lowest BCUT2D eigenvalue weighted by Crippen LogP contribution is -2.00. The van der Waals surface area contributed by atoms with Gasteiger partial charge in [0, 0.05) is 10.8 Å². The monoisotopic (exact) mass is 218 g/mol. The second-order valence-corrected chi connectivity index (χ2v) is 3.64. The summed E-state index contributed by atoms with van der Waals surface area (Å²) in [5.74, 6) is 0.356. The van der Waals surface area contributed by atoms with Crippen LogP contribution >= 0.6 is 0 Å². The molecule has 2 aromatic rings. The number of hydrogen-bond acceptors (Lipinski definition) is 4. The molecule has 86 valence electrons. The highest BCUT2D eigenvalue weighted by molar-refractivity contribution is 5.84. The summed E-state index contributed by atoms with van der Waals surface area (Å²) in [5, 5.41) is 18.1. The van der Waals surface area contributed by atoms with Gasteiger partial charge in [0.1, 0.15) is 0 Å². The molecule has 4 heteroatoms. The van der Waals surface area contributed by atoms with Crippen molar-refractivity contribution < 1.29 is 0 Å². The highest BCUT2D eigenvalue weighted by atomic mass is 15.1. The van der Waals surface area contributed by atoms with E-state index in [0.29, 0.717) is 5.92 Å². The fraction of sp³-hybridized carbons (Fsp3) is 0.500. The van der Waals surface area contributed by atoms with Gasteiger partial charge in [0.15, 0.2) is 0 Å². The van der Waals surface area contributed by atoms with E-state index in [2.05, 4.69) is 34.2 Å². The topological polar surface area (TPSA) is 51.6 Å². The van der Waals surface area contributed by atoms with Gasteiger partial charge in [0.25, 0.3) is 0 Å². The van der Waals surface area contributed by atoms with Crippen LogP contribution in [-0.2, 0) is 0 Å². The lowest BCUT2D eigenvalue weighted by molar-refractivity contribution is 0.790. The number of aryl methyl sites for hydroxylation is 1. The molecule has 0 spiro atoms. The second kappa shape index (κ2) is 5.49. The van der Waals surface area contributed by atoms with Crippen LogP contribution in [0, 0.1) is 6.92 Å². The van der Waals surface area contributed by atoms with Crippen molar-refractivity contribution >= 4 is 10.8 Å². The summed E-state index contributed by atoms with van der Waals surface area (Å²) in [6.45, 7) is 10.1. The highest BCUT2D eigenvalue weighted by Crippen LogP contribution is 2.22. The molecule has 0 amide bonds. The van der Waals surface area contributed by atoms with E-state index < -0.39 is 0 Å². The normalized spacial score (nSPS) is 10.1. The molecule has 0 aliphatic heterocycles. The van der Waals surface area contributed by atoms with E-state index in [-0.39, 0.29) is 0 Å². The Labute approximate surface area is 96.1 Å². The van der Waals surface area contributed by atoms with Crippen LogP contribution < -0.4 is 0 Å². The molecule has 0 saturated carbocycles. The smallest absolute Gasteiger partial charge is 0.0751 e. The molecule has 2 aromatic heterocycles. The average Bonchev–Trinajstić information content (AvgIpc) is 2.32. The van der Waals surface area contributed by atoms with E-state index in [1.165, 1.54) is 0 Å². The van der Waals surface area contributed by atoms with E-state index in [9.17, 15) is 0 Å². The Hall–Kier alpha value is -1.58. The van der Waals surface area contributed by atoms with Crippen molar-refractivity contribution in [3.63, 3.8) is 0 Å².